The molecule has 119 valence electrons. The molecule has 0 aromatic heterocycles. The zero-order valence-electron chi connectivity index (χ0n) is 13.5. The van der Waals surface area contributed by atoms with Gasteiger partial charge in [-0.2, -0.15) is 0 Å². The molecule has 3 aliphatic heterocycles. The van der Waals surface area contributed by atoms with Crippen LogP contribution >= 0.6 is 0 Å². The SMILES string of the molecule is CCN=COC[B-](COC=NCC)[N+]12CCC(CC1)CC2. The van der Waals surface area contributed by atoms with Gasteiger partial charge in [-0.1, -0.05) is 0 Å². The van der Waals surface area contributed by atoms with E-state index in [0.29, 0.717) is 19.9 Å². The molecule has 3 aliphatic rings. The van der Waals surface area contributed by atoms with Crippen molar-refractivity contribution in [3.8, 4) is 0 Å². The van der Waals surface area contributed by atoms with E-state index in [1.54, 1.807) is 12.8 Å². The van der Waals surface area contributed by atoms with Gasteiger partial charge < -0.3 is 13.9 Å². The highest BCUT2D eigenvalue weighted by Gasteiger charge is 2.39. The summed E-state index contributed by atoms with van der Waals surface area (Å²) in [4.78, 5) is 8.27. The summed E-state index contributed by atoms with van der Waals surface area (Å²) < 4.78 is 12.5. The number of piperidine rings is 3. The van der Waals surface area contributed by atoms with E-state index in [0.717, 1.165) is 23.4 Å². The topological polar surface area (TPSA) is 43.2 Å². The van der Waals surface area contributed by atoms with E-state index < -0.39 is 0 Å². The lowest BCUT2D eigenvalue weighted by atomic mass is 9.56. The summed E-state index contributed by atoms with van der Waals surface area (Å²) in [5.41, 5.74) is 0. The molecule has 2 bridgehead atoms. The third-order valence-corrected chi connectivity index (χ3v) is 4.96. The minimum Gasteiger partial charge on any atom is -0.532 e. The molecule has 3 fully saturated rings. The minimum atomic E-state index is 0.387. The highest BCUT2D eigenvalue weighted by atomic mass is 16.5. The second kappa shape index (κ2) is 8.42. The average Bonchev–Trinajstić information content (AvgIpc) is 2.55. The average molecular weight is 294 g/mol. The van der Waals surface area contributed by atoms with E-state index in [-0.39, 0.29) is 0 Å². The fraction of sp³-hybridized carbons (Fsp3) is 0.867. The molecule has 0 amide bonds. The van der Waals surface area contributed by atoms with Crippen LogP contribution < -0.4 is 0 Å². The molecule has 0 unspecified atom stereocenters. The second-order valence-corrected chi connectivity index (χ2v) is 6.15. The lowest BCUT2D eigenvalue weighted by molar-refractivity contribution is -0.847. The Hall–Kier alpha value is -1.04. The van der Waals surface area contributed by atoms with Crippen LogP contribution in [0.3, 0.4) is 0 Å². The van der Waals surface area contributed by atoms with E-state index in [9.17, 15) is 0 Å². The minimum absolute atomic E-state index is 0.387. The van der Waals surface area contributed by atoms with Gasteiger partial charge in [0.05, 0.1) is 0 Å². The molecule has 6 heteroatoms. The molecule has 0 aromatic rings. The van der Waals surface area contributed by atoms with Crippen molar-refractivity contribution in [1.29, 1.82) is 0 Å². The highest BCUT2D eigenvalue weighted by molar-refractivity contribution is 6.51. The largest absolute Gasteiger partial charge is 0.532 e. The zero-order chi connectivity index (χ0) is 15.0. The number of rotatable bonds is 9. The van der Waals surface area contributed by atoms with Gasteiger partial charge in [0.25, 0.3) is 0 Å². The quantitative estimate of drug-likeness (QED) is 0.370. The summed E-state index contributed by atoms with van der Waals surface area (Å²) >= 11 is 0. The molecular weight excluding hydrogens is 265 g/mol. The Balaban J connectivity index is 1.92. The maximum Gasteiger partial charge on any atom is 0.209 e. The van der Waals surface area contributed by atoms with Crippen LogP contribution in [-0.2, 0) is 9.47 Å². The van der Waals surface area contributed by atoms with Gasteiger partial charge in [-0.3, -0.25) is 9.98 Å². The van der Waals surface area contributed by atoms with Gasteiger partial charge in [-0.05, 0) is 39.0 Å². The third kappa shape index (κ3) is 4.46. The molecule has 0 aromatic carbocycles. The lowest BCUT2D eigenvalue weighted by Gasteiger charge is -2.61. The van der Waals surface area contributed by atoms with Crippen molar-refractivity contribution in [2.45, 2.75) is 33.1 Å². The van der Waals surface area contributed by atoms with Gasteiger partial charge >= 0.3 is 0 Å². The number of hydrogen-bond acceptors (Lipinski definition) is 4. The standard InChI is InChI=1S/C15H29BN3O2/c1-3-17-13-20-11-16(12-21-14-18-4-2)19-8-5-15(6-9-19)7-10-19/h13-15H,3-12H2,1-2H3. The first-order chi connectivity index (χ1) is 10.3. The molecular formula is C15H29BN3O2. The van der Waals surface area contributed by atoms with Gasteiger partial charge in [0, 0.05) is 45.7 Å². The van der Waals surface area contributed by atoms with Crippen molar-refractivity contribution in [3.05, 3.63) is 0 Å². The van der Waals surface area contributed by atoms with Crippen LogP contribution in [0.1, 0.15) is 33.1 Å². The lowest BCUT2D eigenvalue weighted by Crippen LogP contribution is -2.68. The number of quaternary nitrogens is 1. The predicted molar refractivity (Wildman–Crippen MR) is 87.9 cm³/mol. The smallest absolute Gasteiger partial charge is 0.209 e. The molecule has 0 saturated carbocycles. The first-order valence-electron chi connectivity index (χ1n) is 8.36. The van der Waals surface area contributed by atoms with Crippen LogP contribution in [0.2, 0.25) is 0 Å². The van der Waals surface area contributed by atoms with Crippen molar-refractivity contribution < 1.29 is 13.9 Å². The van der Waals surface area contributed by atoms with E-state index in [4.69, 9.17) is 9.47 Å². The van der Waals surface area contributed by atoms with Gasteiger partial charge in [0.2, 0.25) is 6.85 Å². The van der Waals surface area contributed by atoms with Gasteiger partial charge in [0.1, 0.15) is 0 Å². The number of aliphatic imine (C=N–C) groups is 2. The predicted octanol–water partition coefficient (Wildman–Crippen LogP) is 1.82. The fourth-order valence-electron chi connectivity index (χ4n) is 3.56. The number of nitrogens with zero attached hydrogens (tertiary/aromatic N) is 3. The Labute approximate surface area is 129 Å². The van der Waals surface area contributed by atoms with Crippen LogP contribution in [0.5, 0.6) is 0 Å². The van der Waals surface area contributed by atoms with Crippen LogP contribution in [0.4, 0.5) is 0 Å². The third-order valence-electron chi connectivity index (χ3n) is 4.96. The molecule has 0 N–H and O–H groups in total. The number of hydrogen-bond donors (Lipinski definition) is 0. The van der Waals surface area contributed by atoms with Gasteiger partial charge in [0.15, 0.2) is 12.8 Å². The maximum atomic E-state index is 5.66. The van der Waals surface area contributed by atoms with Crippen molar-refractivity contribution in [1.82, 2.24) is 0 Å². The summed E-state index contributed by atoms with van der Waals surface area (Å²) in [5.74, 6) is 0.968. The molecule has 5 nitrogen and oxygen atoms in total. The Morgan fingerprint density at radius 1 is 0.952 bits per heavy atom. The Morgan fingerprint density at radius 2 is 1.43 bits per heavy atom. The van der Waals surface area contributed by atoms with Crippen molar-refractivity contribution in [2.24, 2.45) is 15.9 Å². The molecule has 0 aliphatic carbocycles. The first-order valence-corrected chi connectivity index (χ1v) is 8.36. The summed E-state index contributed by atoms with van der Waals surface area (Å²) in [6, 6.07) is 0. The zero-order valence-corrected chi connectivity index (χ0v) is 13.5. The molecule has 1 radical (unpaired) electrons. The van der Waals surface area contributed by atoms with E-state index >= 15 is 0 Å². The summed E-state index contributed by atoms with van der Waals surface area (Å²) in [7, 11) is 0. The van der Waals surface area contributed by atoms with Crippen LogP contribution in [-0.4, -0.2) is 69.8 Å². The van der Waals surface area contributed by atoms with Gasteiger partial charge in [-0.15, -0.1) is 0 Å². The van der Waals surface area contributed by atoms with Crippen LogP contribution in [0, 0.1) is 5.92 Å². The molecule has 0 atom stereocenters. The van der Waals surface area contributed by atoms with Crippen molar-refractivity contribution in [2.75, 3.05) is 45.7 Å². The van der Waals surface area contributed by atoms with Gasteiger partial charge in [-0.25, -0.2) is 0 Å². The fourth-order valence-corrected chi connectivity index (χ4v) is 3.56. The summed E-state index contributed by atoms with van der Waals surface area (Å²) in [5, 5.41) is 0. The van der Waals surface area contributed by atoms with Crippen molar-refractivity contribution in [3.63, 3.8) is 0 Å². The van der Waals surface area contributed by atoms with Crippen molar-refractivity contribution >= 4 is 19.6 Å². The molecule has 3 saturated heterocycles. The Morgan fingerprint density at radius 3 is 1.86 bits per heavy atom. The molecule has 3 rings (SSSR count). The van der Waals surface area contributed by atoms with E-state index in [2.05, 4.69) is 9.98 Å². The monoisotopic (exact) mass is 294 g/mol. The molecule has 3 heterocycles. The Kier molecular flexibility index (Phi) is 6.55. The number of ether oxygens (including phenoxy) is 2. The number of fused-ring (bicyclic) bond motifs is 3. The van der Waals surface area contributed by atoms with Crippen LogP contribution in [0.25, 0.3) is 0 Å². The van der Waals surface area contributed by atoms with Crippen LogP contribution in [0.15, 0.2) is 9.98 Å². The first kappa shape index (κ1) is 16.3. The van der Waals surface area contributed by atoms with E-state index in [1.807, 2.05) is 13.8 Å². The highest BCUT2D eigenvalue weighted by Crippen LogP contribution is 2.34. The normalized spacial score (nSPS) is 28.8. The summed E-state index contributed by atoms with van der Waals surface area (Å²) in [6.07, 6.45) is 7.29. The maximum absolute atomic E-state index is 5.66. The molecule has 0 spiro atoms. The van der Waals surface area contributed by atoms with E-state index in [1.165, 1.54) is 38.9 Å². The second-order valence-electron chi connectivity index (χ2n) is 6.15. The summed E-state index contributed by atoms with van der Waals surface area (Å²) in [6.45, 7) is 11.2. The molecule has 21 heavy (non-hydrogen) atoms. The Bertz CT molecular complexity index is 323.